The van der Waals surface area contributed by atoms with Gasteiger partial charge in [0, 0.05) is 16.5 Å². The molecule has 0 radical (unpaired) electrons. The van der Waals surface area contributed by atoms with Crippen LogP contribution < -0.4 is 0 Å². The van der Waals surface area contributed by atoms with Gasteiger partial charge in [0.2, 0.25) is 0 Å². The highest BCUT2D eigenvalue weighted by atomic mass is 15.0. The first-order valence-corrected chi connectivity index (χ1v) is 9.26. The van der Waals surface area contributed by atoms with Crippen molar-refractivity contribution < 1.29 is 0 Å². The van der Waals surface area contributed by atoms with E-state index in [-0.39, 0.29) is 5.92 Å². The minimum absolute atomic E-state index is 0.129. The van der Waals surface area contributed by atoms with Crippen molar-refractivity contribution in [2.75, 3.05) is 0 Å². The zero-order valence-corrected chi connectivity index (χ0v) is 15.2. The number of aromatic nitrogens is 1. The molecule has 0 amide bonds. The second kappa shape index (κ2) is 6.34. The van der Waals surface area contributed by atoms with Gasteiger partial charge in [0.05, 0.1) is 17.0 Å². The second-order valence-corrected chi connectivity index (χ2v) is 6.98. The predicted molar refractivity (Wildman–Crippen MR) is 114 cm³/mol. The van der Waals surface area contributed by atoms with Gasteiger partial charge >= 0.3 is 0 Å². The largest absolute Gasteiger partial charge is 0.309 e. The van der Waals surface area contributed by atoms with E-state index >= 15 is 0 Å². The lowest BCUT2D eigenvalue weighted by molar-refractivity contribution is 1.13. The molecule has 1 heterocycles. The topological polar surface area (TPSA) is 4.93 Å². The number of hydrogen-bond donors (Lipinski definition) is 0. The van der Waals surface area contributed by atoms with E-state index in [1.165, 1.54) is 38.6 Å². The Kier molecular flexibility index (Phi) is 3.69. The summed E-state index contributed by atoms with van der Waals surface area (Å²) in [6.07, 6.45) is 8.13. The molecule has 0 N–H and O–H groups in total. The van der Waals surface area contributed by atoms with Gasteiger partial charge in [0.25, 0.3) is 0 Å². The third-order valence-electron chi connectivity index (χ3n) is 5.15. The van der Waals surface area contributed by atoms with Crippen LogP contribution in [0.25, 0.3) is 27.5 Å². The van der Waals surface area contributed by atoms with Crippen LogP contribution in [-0.4, -0.2) is 4.57 Å². The van der Waals surface area contributed by atoms with Crippen molar-refractivity contribution in [1.82, 2.24) is 4.57 Å². The van der Waals surface area contributed by atoms with Crippen LogP contribution in [0.4, 0.5) is 0 Å². The molecule has 0 aliphatic heterocycles. The summed E-state index contributed by atoms with van der Waals surface area (Å²) < 4.78 is 2.35. The Morgan fingerprint density at radius 2 is 1.59 bits per heavy atom. The zero-order chi connectivity index (χ0) is 18.2. The van der Waals surface area contributed by atoms with Crippen molar-refractivity contribution in [3.05, 3.63) is 102 Å². The molecule has 1 aromatic heterocycles. The lowest BCUT2D eigenvalue weighted by Crippen LogP contribution is -1.94. The van der Waals surface area contributed by atoms with Crippen molar-refractivity contribution >= 4 is 21.8 Å². The van der Waals surface area contributed by atoms with E-state index in [2.05, 4.69) is 102 Å². The number of para-hydroxylation sites is 1. The summed E-state index contributed by atoms with van der Waals surface area (Å²) in [6.45, 7) is 2.15. The first kappa shape index (κ1) is 15.7. The van der Waals surface area contributed by atoms with E-state index in [0.717, 1.165) is 0 Å². The fourth-order valence-electron chi connectivity index (χ4n) is 3.86. The molecule has 1 nitrogen and oxygen atoms in total. The van der Waals surface area contributed by atoms with Gasteiger partial charge in [0.1, 0.15) is 0 Å². The summed E-state index contributed by atoms with van der Waals surface area (Å²) in [7, 11) is 0. The molecule has 0 saturated carbocycles. The Balaban J connectivity index is 1.81. The molecule has 0 fully saturated rings. The van der Waals surface area contributed by atoms with Gasteiger partial charge in [-0.05, 0) is 55.0 Å². The van der Waals surface area contributed by atoms with Gasteiger partial charge in [0.15, 0.2) is 0 Å². The maximum Gasteiger partial charge on any atom is 0.0639 e. The van der Waals surface area contributed by atoms with Crippen LogP contribution in [0.2, 0.25) is 0 Å². The van der Waals surface area contributed by atoms with Crippen LogP contribution in [-0.2, 0) is 0 Å². The maximum absolute atomic E-state index is 3.33. The SMILES string of the molecule is Cc1ccc2c(c1)c1cc(C3C#CC=CC=C3)ccc1n2-c1ccccc1. The lowest BCUT2D eigenvalue weighted by atomic mass is 9.97. The van der Waals surface area contributed by atoms with Gasteiger partial charge in [-0.1, -0.05) is 66.0 Å². The van der Waals surface area contributed by atoms with Crippen LogP contribution in [0.1, 0.15) is 17.0 Å². The third kappa shape index (κ3) is 2.67. The average Bonchev–Trinajstić information content (AvgIpc) is 2.86. The van der Waals surface area contributed by atoms with Crippen molar-refractivity contribution in [2.45, 2.75) is 12.8 Å². The lowest BCUT2D eigenvalue weighted by Gasteiger charge is -2.09. The quantitative estimate of drug-likeness (QED) is 0.375. The molecule has 1 unspecified atom stereocenters. The highest BCUT2D eigenvalue weighted by Crippen LogP contribution is 2.34. The summed E-state index contributed by atoms with van der Waals surface area (Å²) in [4.78, 5) is 0. The standard InChI is InChI=1S/C26H19N/c1-19-13-15-25-23(17-19)24-18-21(20-9-5-2-3-6-10-20)14-16-26(24)27(25)22-11-7-4-8-12-22/h2-5,7-9,11-18,20H,1H3. The number of benzene rings is 3. The molecule has 128 valence electrons. The Hall–Kier alpha value is -3.50. The van der Waals surface area contributed by atoms with Crippen molar-refractivity contribution in [3.8, 4) is 17.5 Å². The molecule has 1 aliphatic rings. The molecule has 3 aromatic carbocycles. The predicted octanol–water partition coefficient (Wildman–Crippen LogP) is 6.31. The van der Waals surface area contributed by atoms with Gasteiger partial charge in [-0.15, -0.1) is 0 Å². The van der Waals surface area contributed by atoms with Crippen LogP contribution in [0.15, 0.2) is 91.0 Å². The van der Waals surface area contributed by atoms with E-state index in [9.17, 15) is 0 Å². The highest BCUT2D eigenvalue weighted by Gasteiger charge is 2.14. The van der Waals surface area contributed by atoms with Gasteiger partial charge in [-0.3, -0.25) is 0 Å². The minimum Gasteiger partial charge on any atom is -0.309 e. The fourth-order valence-corrected chi connectivity index (χ4v) is 3.86. The van der Waals surface area contributed by atoms with Crippen LogP contribution in [0, 0.1) is 18.8 Å². The second-order valence-electron chi connectivity index (χ2n) is 6.98. The number of allylic oxidation sites excluding steroid dienone is 4. The molecule has 1 heteroatoms. The number of rotatable bonds is 2. The summed E-state index contributed by atoms with van der Waals surface area (Å²) in [5.74, 6) is 6.58. The molecule has 4 aromatic rings. The van der Waals surface area contributed by atoms with Crippen molar-refractivity contribution in [2.24, 2.45) is 0 Å². The highest BCUT2D eigenvalue weighted by molar-refractivity contribution is 6.09. The number of fused-ring (bicyclic) bond motifs is 3. The number of aryl methyl sites for hydroxylation is 1. The van der Waals surface area contributed by atoms with Crippen molar-refractivity contribution in [1.29, 1.82) is 0 Å². The number of nitrogens with zero attached hydrogens (tertiary/aromatic N) is 1. The molecular formula is C26H19N. The summed E-state index contributed by atoms with van der Waals surface area (Å²) in [5, 5.41) is 2.57. The Bertz CT molecular complexity index is 1270. The normalized spacial score (nSPS) is 15.7. The van der Waals surface area contributed by atoms with Gasteiger partial charge < -0.3 is 4.57 Å². The van der Waals surface area contributed by atoms with E-state index in [0.29, 0.717) is 0 Å². The zero-order valence-electron chi connectivity index (χ0n) is 15.2. The van der Waals surface area contributed by atoms with Crippen LogP contribution >= 0.6 is 0 Å². The smallest absolute Gasteiger partial charge is 0.0639 e. The number of hydrogen-bond acceptors (Lipinski definition) is 0. The fraction of sp³-hybridized carbons (Fsp3) is 0.0769. The molecule has 0 saturated heterocycles. The summed E-state index contributed by atoms with van der Waals surface area (Å²) >= 11 is 0. The molecule has 5 rings (SSSR count). The van der Waals surface area contributed by atoms with Gasteiger partial charge in [-0.2, -0.15) is 0 Å². The first-order chi connectivity index (χ1) is 13.3. The van der Waals surface area contributed by atoms with E-state index in [4.69, 9.17) is 0 Å². The van der Waals surface area contributed by atoms with Crippen LogP contribution in [0.5, 0.6) is 0 Å². The maximum atomic E-state index is 3.33. The Morgan fingerprint density at radius 3 is 2.44 bits per heavy atom. The van der Waals surface area contributed by atoms with Crippen LogP contribution in [0.3, 0.4) is 0 Å². The van der Waals surface area contributed by atoms with E-state index < -0.39 is 0 Å². The van der Waals surface area contributed by atoms with Crippen molar-refractivity contribution in [3.63, 3.8) is 0 Å². The minimum atomic E-state index is 0.129. The first-order valence-electron chi connectivity index (χ1n) is 9.26. The van der Waals surface area contributed by atoms with E-state index in [1.807, 2.05) is 12.2 Å². The summed E-state index contributed by atoms with van der Waals surface area (Å²) in [5.41, 5.74) is 6.17. The molecule has 0 spiro atoms. The van der Waals surface area contributed by atoms with E-state index in [1.54, 1.807) is 0 Å². The monoisotopic (exact) mass is 345 g/mol. The summed E-state index contributed by atoms with van der Waals surface area (Å²) in [6, 6.07) is 24.0. The van der Waals surface area contributed by atoms with Gasteiger partial charge in [-0.25, -0.2) is 0 Å². The molecule has 0 bridgehead atoms. The Labute approximate surface area is 159 Å². The molecule has 1 atom stereocenters. The molecular weight excluding hydrogens is 326 g/mol. The average molecular weight is 345 g/mol. The molecule has 27 heavy (non-hydrogen) atoms. The third-order valence-corrected chi connectivity index (χ3v) is 5.15. The molecule has 1 aliphatic carbocycles. The Morgan fingerprint density at radius 1 is 0.815 bits per heavy atom.